The number of hydrogen-bond donors (Lipinski definition) is 0. The fraction of sp³-hybridized carbons (Fsp3) is 0.200. The van der Waals surface area contributed by atoms with Crippen molar-refractivity contribution in [1.82, 2.24) is 0 Å². The normalized spacial score (nSPS) is 10.2. The Kier molecular flexibility index (Phi) is 2.95. The first-order chi connectivity index (χ1) is 7.72. The van der Waals surface area contributed by atoms with E-state index in [-0.39, 0.29) is 0 Å². The predicted molar refractivity (Wildman–Crippen MR) is 67.9 cm³/mol. The van der Waals surface area contributed by atoms with Gasteiger partial charge in [-0.1, -0.05) is 30.3 Å². The van der Waals surface area contributed by atoms with E-state index >= 15 is 0 Å². The summed E-state index contributed by atoms with van der Waals surface area (Å²) in [5.74, 6) is 0.956. The van der Waals surface area contributed by atoms with Crippen LogP contribution in [0.4, 0.5) is 0 Å². The SMILES string of the molecule is COc1cc(C)c(-c2ccccc2)cc1C. The Labute approximate surface area is 96.7 Å². The molecule has 2 rings (SSSR count). The Bertz CT molecular complexity index is 486. The van der Waals surface area contributed by atoms with Crippen LogP contribution in [0.1, 0.15) is 11.1 Å². The van der Waals surface area contributed by atoms with Gasteiger partial charge in [-0.05, 0) is 48.2 Å². The van der Waals surface area contributed by atoms with Gasteiger partial charge in [-0.2, -0.15) is 0 Å². The lowest BCUT2D eigenvalue weighted by molar-refractivity contribution is 0.411. The monoisotopic (exact) mass is 212 g/mol. The maximum Gasteiger partial charge on any atom is 0.122 e. The number of hydrogen-bond acceptors (Lipinski definition) is 1. The molecule has 0 atom stereocenters. The van der Waals surface area contributed by atoms with E-state index in [0.717, 1.165) is 5.75 Å². The van der Waals surface area contributed by atoms with E-state index in [2.05, 4.69) is 50.2 Å². The highest BCUT2D eigenvalue weighted by atomic mass is 16.5. The predicted octanol–water partition coefficient (Wildman–Crippen LogP) is 3.98. The fourth-order valence-electron chi connectivity index (χ4n) is 1.94. The summed E-state index contributed by atoms with van der Waals surface area (Å²) in [6.07, 6.45) is 0. The minimum absolute atomic E-state index is 0.956. The van der Waals surface area contributed by atoms with Crippen LogP contribution in [0.25, 0.3) is 11.1 Å². The zero-order chi connectivity index (χ0) is 11.5. The Hall–Kier alpha value is -1.76. The highest BCUT2D eigenvalue weighted by Crippen LogP contribution is 2.29. The van der Waals surface area contributed by atoms with Crippen LogP contribution < -0.4 is 4.74 Å². The van der Waals surface area contributed by atoms with E-state index in [1.54, 1.807) is 7.11 Å². The highest BCUT2D eigenvalue weighted by molar-refractivity contribution is 5.69. The molecule has 0 bridgehead atoms. The number of methoxy groups -OCH3 is 1. The number of rotatable bonds is 2. The molecule has 2 aromatic rings. The molecule has 2 aromatic carbocycles. The van der Waals surface area contributed by atoms with Gasteiger partial charge < -0.3 is 4.74 Å². The second-order valence-electron chi connectivity index (χ2n) is 4.00. The number of aryl methyl sites for hydroxylation is 2. The van der Waals surface area contributed by atoms with Crippen molar-refractivity contribution in [3.63, 3.8) is 0 Å². The van der Waals surface area contributed by atoms with Gasteiger partial charge in [-0.3, -0.25) is 0 Å². The topological polar surface area (TPSA) is 9.23 Å². The molecule has 0 fully saturated rings. The van der Waals surface area contributed by atoms with Crippen LogP contribution >= 0.6 is 0 Å². The molecule has 0 amide bonds. The van der Waals surface area contributed by atoms with Crippen LogP contribution in [0, 0.1) is 13.8 Å². The molecule has 0 heterocycles. The first-order valence-electron chi connectivity index (χ1n) is 5.43. The van der Waals surface area contributed by atoms with E-state index in [9.17, 15) is 0 Å². The molecule has 0 aliphatic rings. The van der Waals surface area contributed by atoms with Gasteiger partial charge in [0.15, 0.2) is 0 Å². The standard InChI is InChI=1S/C15H16O/c1-11-10-15(16-3)12(2)9-14(11)13-7-5-4-6-8-13/h4-10H,1-3H3. The van der Waals surface area contributed by atoms with Crippen molar-refractivity contribution in [1.29, 1.82) is 0 Å². The molecule has 0 N–H and O–H groups in total. The molecular formula is C15H16O. The van der Waals surface area contributed by atoms with Crippen LogP contribution in [0.5, 0.6) is 5.75 Å². The van der Waals surface area contributed by atoms with Crippen LogP contribution in [0.15, 0.2) is 42.5 Å². The van der Waals surface area contributed by atoms with Gasteiger partial charge in [0.25, 0.3) is 0 Å². The average molecular weight is 212 g/mol. The van der Waals surface area contributed by atoms with E-state index in [1.807, 2.05) is 6.07 Å². The lowest BCUT2D eigenvalue weighted by Gasteiger charge is -2.11. The minimum atomic E-state index is 0.956. The molecule has 0 unspecified atom stereocenters. The Morgan fingerprint density at radius 3 is 2.19 bits per heavy atom. The van der Waals surface area contributed by atoms with Crippen molar-refractivity contribution < 1.29 is 4.74 Å². The summed E-state index contributed by atoms with van der Waals surface area (Å²) in [6, 6.07) is 14.7. The highest BCUT2D eigenvalue weighted by Gasteiger charge is 2.06. The third-order valence-corrected chi connectivity index (χ3v) is 2.83. The first kappa shape index (κ1) is 10.7. The summed E-state index contributed by atoms with van der Waals surface area (Å²) in [5.41, 5.74) is 4.95. The molecule has 1 nitrogen and oxygen atoms in total. The molecule has 0 aliphatic carbocycles. The van der Waals surface area contributed by atoms with E-state index in [1.165, 1.54) is 22.3 Å². The van der Waals surface area contributed by atoms with Crippen LogP contribution in [-0.2, 0) is 0 Å². The molecule has 0 saturated carbocycles. The molecule has 0 saturated heterocycles. The molecule has 0 radical (unpaired) electrons. The van der Waals surface area contributed by atoms with Gasteiger partial charge in [-0.15, -0.1) is 0 Å². The second kappa shape index (κ2) is 4.40. The third kappa shape index (κ3) is 1.94. The average Bonchev–Trinajstić information content (AvgIpc) is 2.32. The van der Waals surface area contributed by atoms with Gasteiger partial charge in [0.2, 0.25) is 0 Å². The Balaban J connectivity index is 2.55. The van der Waals surface area contributed by atoms with Crippen molar-refractivity contribution >= 4 is 0 Å². The van der Waals surface area contributed by atoms with Crippen LogP contribution in [0.2, 0.25) is 0 Å². The zero-order valence-electron chi connectivity index (χ0n) is 9.95. The number of ether oxygens (including phenoxy) is 1. The van der Waals surface area contributed by atoms with E-state index in [4.69, 9.17) is 4.74 Å². The molecule has 0 aromatic heterocycles. The van der Waals surface area contributed by atoms with Crippen molar-refractivity contribution in [3.05, 3.63) is 53.6 Å². The van der Waals surface area contributed by atoms with E-state index < -0.39 is 0 Å². The molecule has 82 valence electrons. The first-order valence-corrected chi connectivity index (χ1v) is 5.43. The zero-order valence-corrected chi connectivity index (χ0v) is 9.95. The van der Waals surface area contributed by atoms with E-state index in [0.29, 0.717) is 0 Å². The molecule has 1 heteroatoms. The van der Waals surface area contributed by atoms with Gasteiger partial charge in [-0.25, -0.2) is 0 Å². The van der Waals surface area contributed by atoms with Gasteiger partial charge in [0, 0.05) is 0 Å². The molecule has 16 heavy (non-hydrogen) atoms. The fourth-order valence-corrected chi connectivity index (χ4v) is 1.94. The lowest BCUT2D eigenvalue weighted by Crippen LogP contribution is -1.91. The Morgan fingerprint density at radius 1 is 0.875 bits per heavy atom. The van der Waals surface area contributed by atoms with Crippen molar-refractivity contribution in [2.75, 3.05) is 7.11 Å². The largest absolute Gasteiger partial charge is 0.496 e. The molecule has 0 spiro atoms. The third-order valence-electron chi connectivity index (χ3n) is 2.83. The Morgan fingerprint density at radius 2 is 1.56 bits per heavy atom. The van der Waals surface area contributed by atoms with Crippen LogP contribution in [-0.4, -0.2) is 7.11 Å². The van der Waals surface area contributed by atoms with Gasteiger partial charge in [0.05, 0.1) is 7.11 Å². The minimum Gasteiger partial charge on any atom is -0.496 e. The number of benzene rings is 2. The molecular weight excluding hydrogens is 196 g/mol. The maximum atomic E-state index is 5.32. The summed E-state index contributed by atoms with van der Waals surface area (Å²) in [5, 5.41) is 0. The van der Waals surface area contributed by atoms with Crippen molar-refractivity contribution in [2.24, 2.45) is 0 Å². The summed E-state index contributed by atoms with van der Waals surface area (Å²) in [4.78, 5) is 0. The maximum absolute atomic E-state index is 5.32. The lowest BCUT2D eigenvalue weighted by atomic mass is 9.98. The second-order valence-corrected chi connectivity index (χ2v) is 4.00. The quantitative estimate of drug-likeness (QED) is 0.731. The summed E-state index contributed by atoms with van der Waals surface area (Å²) in [6.45, 7) is 4.19. The van der Waals surface area contributed by atoms with Gasteiger partial charge >= 0.3 is 0 Å². The van der Waals surface area contributed by atoms with Crippen molar-refractivity contribution in [2.45, 2.75) is 13.8 Å². The summed E-state index contributed by atoms with van der Waals surface area (Å²) >= 11 is 0. The smallest absolute Gasteiger partial charge is 0.122 e. The molecule has 0 aliphatic heterocycles. The summed E-state index contributed by atoms with van der Waals surface area (Å²) in [7, 11) is 1.71. The van der Waals surface area contributed by atoms with Gasteiger partial charge in [0.1, 0.15) is 5.75 Å². The van der Waals surface area contributed by atoms with Crippen LogP contribution in [0.3, 0.4) is 0 Å². The summed E-state index contributed by atoms with van der Waals surface area (Å²) < 4.78 is 5.32. The van der Waals surface area contributed by atoms with Crippen molar-refractivity contribution in [3.8, 4) is 16.9 Å².